The third-order valence-electron chi connectivity index (χ3n) is 5.20. The number of anilines is 1. The van der Waals surface area contributed by atoms with Gasteiger partial charge in [-0.1, -0.05) is 30.3 Å². The number of sulfonamides is 1. The molecule has 2 aromatic carbocycles. The number of halogens is 1. The number of likely N-dealkylation sites (tertiary alicyclic amines) is 1. The fourth-order valence-corrected chi connectivity index (χ4v) is 4.24. The summed E-state index contributed by atoms with van der Waals surface area (Å²) in [6, 6.07) is 12.7. The molecule has 1 amide bonds. The Balaban J connectivity index is 1.59. The summed E-state index contributed by atoms with van der Waals surface area (Å²) in [5.41, 5.74) is 1.71. The molecule has 29 heavy (non-hydrogen) atoms. The maximum Gasteiger partial charge on any atom is 0.229 e. The zero-order valence-electron chi connectivity index (χ0n) is 16.2. The predicted molar refractivity (Wildman–Crippen MR) is 109 cm³/mol. The summed E-state index contributed by atoms with van der Waals surface area (Å²) in [6.07, 6.45) is 1.78. The Labute approximate surface area is 170 Å². The average Bonchev–Trinajstić information content (AvgIpc) is 2.68. The normalized spacial score (nSPS) is 16.4. The Morgan fingerprint density at radius 2 is 1.79 bits per heavy atom. The van der Waals surface area contributed by atoms with Crippen LogP contribution in [0.15, 0.2) is 48.5 Å². The molecular formula is C21H25FN2O4S. The lowest BCUT2D eigenvalue weighted by atomic mass is 9.87. The van der Waals surface area contributed by atoms with E-state index in [1.165, 1.54) is 12.1 Å². The Morgan fingerprint density at radius 3 is 2.41 bits per heavy atom. The fraction of sp³-hybridized carbons (Fsp3) is 0.381. The number of hydrogen-bond acceptors (Lipinski definition) is 4. The molecule has 156 valence electrons. The molecule has 6 nitrogen and oxygen atoms in total. The van der Waals surface area contributed by atoms with Gasteiger partial charge in [-0.2, -0.15) is 0 Å². The largest absolute Gasteiger partial charge is 0.388 e. The second-order valence-electron chi connectivity index (χ2n) is 7.42. The molecule has 1 atom stereocenters. The van der Waals surface area contributed by atoms with Gasteiger partial charge in [0.15, 0.2) is 0 Å². The second kappa shape index (κ2) is 8.92. The number of hydrogen-bond donors (Lipinski definition) is 2. The summed E-state index contributed by atoms with van der Waals surface area (Å²) >= 11 is 0. The second-order valence-corrected chi connectivity index (χ2v) is 9.17. The van der Waals surface area contributed by atoms with E-state index in [-0.39, 0.29) is 24.1 Å². The van der Waals surface area contributed by atoms with E-state index in [2.05, 4.69) is 4.72 Å². The molecule has 0 aliphatic carbocycles. The molecule has 0 radical (unpaired) electrons. The smallest absolute Gasteiger partial charge is 0.229 e. The van der Waals surface area contributed by atoms with Gasteiger partial charge in [0.05, 0.1) is 24.5 Å². The lowest BCUT2D eigenvalue weighted by Crippen LogP contribution is -2.40. The number of benzene rings is 2. The SMILES string of the molecule is CS(=O)(=O)Nc1ccccc1CC(=O)N1CCC(C(O)c2ccc(F)cc2)CC1. The maximum atomic E-state index is 13.1. The van der Waals surface area contributed by atoms with Gasteiger partial charge in [0.25, 0.3) is 0 Å². The molecule has 8 heteroatoms. The number of para-hydroxylation sites is 1. The Kier molecular flexibility index (Phi) is 6.54. The van der Waals surface area contributed by atoms with Crippen LogP contribution in [0.25, 0.3) is 0 Å². The van der Waals surface area contributed by atoms with Gasteiger partial charge >= 0.3 is 0 Å². The van der Waals surface area contributed by atoms with Crippen LogP contribution >= 0.6 is 0 Å². The maximum absolute atomic E-state index is 13.1. The number of carbonyl (C=O) groups excluding carboxylic acids is 1. The number of amides is 1. The topological polar surface area (TPSA) is 86.7 Å². The summed E-state index contributed by atoms with van der Waals surface area (Å²) in [5, 5.41) is 10.5. The molecule has 0 spiro atoms. The minimum absolute atomic E-state index is 0.00342. The number of rotatable bonds is 6. The number of nitrogens with zero attached hydrogens (tertiary/aromatic N) is 1. The van der Waals surface area contributed by atoms with Crippen molar-refractivity contribution in [3.63, 3.8) is 0 Å². The van der Waals surface area contributed by atoms with Crippen molar-refractivity contribution in [3.05, 3.63) is 65.5 Å². The highest BCUT2D eigenvalue weighted by Crippen LogP contribution is 2.31. The highest BCUT2D eigenvalue weighted by Gasteiger charge is 2.28. The van der Waals surface area contributed by atoms with Crippen LogP contribution in [0.2, 0.25) is 0 Å². The van der Waals surface area contributed by atoms with Gasteiger partial charge in [0, 0.05) is 13.1 Å². The van der Waals surface area contributed by atoms with Gasteiger partial charge < -0.3 is 10.0 Å². The van der Waals surface area contributed by atoms with E-state index >= 15 is 0 Å². The standard InChI is InChI=1S/C21H25FN2O4S/c1-29(27,28)23-19-5-3-2-4-17(19)14-20(25)24-12-10-16(11-13-24)21(26)15-6-8-18(22)9-7-15/h2-9,16,21,23,26H,10-14H2,1H3. The Bertz CT molecular complexity index is 955. The van der Waals surface area contributed by atoms with Crippen molar-refractivity contribution in [2.45, 2.75) is 25.4 Å². The van der Waals surface area contributed by atoms with E-state index in [1.807, 2.05) is 0 Å². The minimum Gasteiger partial charge on any atom is -0.388 e. The summed E-state index contributed by atoms with van der Waals surface area (Å²) in [4.78, 5) is 14.5. The van der Waals surface area contributed by atoms with Gasteiger partial charge in [-0.25, -0.2) is 12.8 Å². The van der Waals surface area contributed by atoms with Crippen molar-refractivity contribution < 1.29 is 22.7 Å². The average molecular weight is 421 g/mol. The molecule has 0 bridgehead atoms. The molecular weight excluding hydrogens is 395 g/mol. The van der Waals surface area contributed by atoms with E-state index in [9.17, 15) is 22.7 Å². The van der Waals surface area contributed by atoms with Crippen LogP contribution in [0.1, 0.15) is 30.1 Å². The summed E-state index contributed by atoms with van der Waals surface area (Å²) in [7, 11) is -3.43. The van der Waals surface area contributed by atoms with E-state index in [0.29, 0.717) is 42.7 Å². The first-order valence-electron chi connectivity index (χ1n) is 9.50. The lowest BCUT2D eigenvalue weighted by Gasteiger charge is -2.34. The predicted octanol–water partition coefficient (Wildman–Crippen LogP) is 2.71. The molecule has 0 saturated carbocycles. The van der Waals surface area contributed by atoms with Crippen LogP contribution in [-0.2, 0) is 21.2 Å². The fourth-order valence-electron chi connectivity index (χ4n) is 3.65. The first-order chi connectivity index (χ1) is 13.7. The minimum atomic E-state index is -3.43. The van der Waals surface area contributed by atoms with Gasteiger partial charge in [-0.3, -0.25) is 9.52 Å². The molecule has 2 N–H and O–H groups in total. The Morgan fingerprint density at radius 1 is 1.17 bits per heavy atom. The van der Waals surface area contributed by atoms with Crippen LogP contribution in [0.3, 0.4) is 0 Å². The third-order valence-corrected chi connectivity index (χ3v) is 5.80. The summed E-state index contributed by atoms with van der Waals surface area (Å²) in [5.74, 6) is -0.418. The molecule has 1 fully saturated rings. The number of piperidine rings is 1. The summed E-state index contributed by atoms with van der Waals surface area (Å²) in [6.45, 7) is 1.03. The number of carbonyl (C=O) groups is 1. The zero-order chi connectivity index (χ0) is 21.0. The quantitative estimate of drug-likeness (QED) is 0.752. The van der Waals surface area contributed by atoms with Crippen LogP contribution < -0.4 is 4.72 Å². The molecule has 1 aliphatic heterocycles. The first-order valence-corrected chi connectivity index (χ1v) is 11.4. The van der Waals surface area contributed by atoms with Crippen molar-refractivity contribution in [1.82, 2.24) is 4.90 Å². The molecule has 1 saturated heterocycles. The van der Waals surface area contributed by atoms with Crippen LogP contribution in [0.5, 0.6) is 0 Å². The highest BCUT2D eigenvalue weighted by atomic mass is 32.2. The monoisotopic (exact) mass is 420 g/mol. The van der Waals surface area contributed by atoms with Gasteiger partial charge in [0.1, 0.15) is 5.82 Å². The lowest BCUT2D eigenvalue weighted by molar-refractivity contribution is -0.132. The van der Waals surface area contributed by atoms with E-state index < -0.39 is 16.1 Å². The van der Waals surface area contributed by atoms with Crippen molar-refractivity contribution in [2.24, 2.45) is 5.92 Å². The van der Waals surface area contributed by atoms with Crippen LogP contribution in [0.4, 0.5) is 10.1 Å². The molecule has 2 aromatic rings. The first kappa shape index (κ1) is 21.3. The van der Waals surface area contributed by atoms with E-state index in [1.54, 1.807) is 41.3 Å². The third kappa shape index (κ3) is 5.77. The van der Waals surface area contributed by atoms with Crippen molar-refractivity contribution in [3.8, 4) is 0 Å². The summed E-state index contributed by atoms with van der Waals surface area (Å²) < 4.78 is 38.6. The van der Waals surface area contributed by atoms with Crippen molar-refractivity contribution in [2.75, 3.05) is 24.1 Å². The zero-order valence-corrected chi connectivity index (χ0v) is 17.0. The van der Waals surface area contributed by atoms with Gasteiger partial charge in [0.2, 0.25) is 15.9 Å². The number of aliphatic hydroxyl groups excluding tert-OH is 1. The van der Waals surface area contributed by atoms with Crippen LogP contribution in [-0.4, -0.2) is 43.7 Å². The van der Waals surface area contributed by atoms with E-state index in [4.69, 9.17) is 0 Å². The highest BCUT2D eigenvalue weighted by molar-refractivity contribution is 7.92. The molecule has 0 aromatic heterocycles. The van der Waals surface area contributed by atoms with Crippen molar-refractivity contribution >= 4 is 21.6 Å². The molecule has 3 rings (SSSR count). The number of nitrogens with one attached hydrogen (secondary N) is 1. The van der Waals surface area contributed by atoms with Crippen LogP contribution in [0, 0.1) is 11.7 Å². The molecule has 1 heterocycles. The van der Waals surface area contributed by atoms with Crippen molar-refractivity contribution in [1.29, 1.82) is 0 Å². The Hall–Kier alpha value is -2.45. The van der Waals surface area contributed by atoms with E-state index in [0.717, 1.165) is 6.26 Å². The molecule has 1 aliphatic rings. The molecule has 1 unspecified atom stereocenters. The van der Waals surface area contributed by atoms with Gasteiger partial charge in [-0.05, 0) is 48.1 Å². The van der Waals surface area contributed by atoms with Gasteiger partial charge in [-0.15, -0.1) is 0 Å². The number of aliphatic hydroxyl groups is 1.